The number of aromatic nitrogens is 4. The molecule has 3 aromatic rings. The highest BCUT2D eigenvalue weighted by Crippen LogP contribution is 2.22. The summed E-state index contributed by atoms with van der Waals surface area (Å²) in [6.07, 6.45) is 2.33. The van der Waals surface area contributed by atoms with Gasteiger partial charge in [-0.05, 0) is 32.4 Å². The standard InChI is InChI=1S/C18H19ClN6O3/c1-12-8-16(22-23(12)10-13-6-4-5-7-15(13)19)21-17(26)18(2,3)24-11-14(9-20-24)25(27)28/h4-9,11H,10H2,1-3H3,(H,21,22,26). The smallest absolute Gasteiger partial charge is 0.307 e. The van der Waals surface area contributed by atoms with Gasteiger partial charge in [0.25, 0.3) is 5.91 Å². The van der Waals surface area contributed by atoms with E-state index < -0.39 is 16.4 Å². The van der Waals surface area contributed by atoms with Gasteiger partial charge in [0.1, 0.15) is 17.9 Å². The summed E-state index contributed by atoms with van der Waals surface area (Å²) in [6, 6.07) is 9.22. The maximum absolute atomic E-state index is 12.7. The Morgan fingerprint density at radius 3 is 2.71 bits per heavy atom. The molecule has 1 aromatic carbocycles. The van der Waals surface area contributed by atoms with E-state index in [1.807, 2.05) is 31.2 Å². The van der Waals surface area contributed by atoms with Crippen molar-refractivity contribution in [3.8, 4) is 0 Å². The number of carbonyl (C=O) groups excluding carboxylic acids is 1. The molecule has 1 N–H and O–H groups in total. The largest absolute Gasteiger partial charge is 0.307 e. The van der Waals surface area contributed by atoms with Crippen LogP contribution in [0.1, 0.15) is 25.1 Å². The summed E-state index contributed by atoms with van der Waals surface area (Å²) < 4.78 is 3.00. The van der Waals surface area contributed by atoms with E-state index in [4.69, 9.17) is 11.6 Å². The molecule has 0 aliphatic rings. The summed E-state index contributed by atoms with van der Waals surface area (Å²) in [6.45, 7) is 5.58. The van der Waals surface area contributed by atoms with Gasteiger partial charge >= 0.3 is 5.69 Å². The van der Waals surface area contributed by atoms with E-state index in [1.165, 1.54) is 10.9 Å². The second kappa shape index (κ2) is 7.43. The molecule has 0 unspecified atom stereocenters. The van der Waals surface area contributed by atoms with Gasteiger partial charge in [0.15, 0.2) is 5.82 Å². The minimum absolute atomic E-state index is 0.180. The second-order valence-corrected chi connectivity index (χ2v) is 7.24. The lowest BCUT2D eigenvalue weighted by atomic mass is 10.1. The van der Waals surface area contributed by atoms with Gasteiger partial charge < -0.3 is 5.32 Å². The second-order valence-electron chi connectivity index (χ2n) is 6.83. The molecule has 146 valence electrons. The summed E-state index contributed by atoms with van der Waals surface area (Å²) >= 11 is 6.20. The fraction of sp³-hybridized carbons (Fsp3) is 0.278. The Morgan fingerprint density at radius 2 is 2.07 bits per heavy atom. The van der Waals surface area contributed by atoms with Crippen molar-refractivity contribution in [3.63, 3.8) is 0 Å². The van der Waals surface area contributed by atoms with Gasteiger partial charge in [0.05, 0.1) is 11.5 Å². The molecule has 2 aromatic heterocycles. The molecule has 0 radical (unpaired) electrons. The first-order chi connectivity index (χ1) is 13.2. The monoisotopic (exact) mass is 402 g/mol. The van der Waals surface area contributed by atoms with Crippen molar-refractivity contribution in [2.45, 2.75) is 32.9 Å². The molecule has 0 aliphatic carbocycles. The summed E-state index contributed by atoms with van der Waals surface area (Å²) in [5, 5.41) is 22.6. The Bertz CT molecular complexity index is 1040. The van der Waals surface area contributed by atoms with E-state index in [0.717, 1.165) is 17.5 Å². The molecular formula is C18H19ClN6O3. The van der Waals surface area contributed by atoms with Crippen LogP contribution < -0.4 is 5.32 Å². The summed E-state index contributed by atoms with van der Waals surface area (Å²) in [5.41, 5.74) is 0.440. The van der Waals surface area contributed by atoms with Gasteiger partial charge in [-0.15, -0.1) is 0 Å². The molecule has 0 atom stereocenters. The minimum atomic E-state index is -1.14. The SMILES string of the molecule is Cc1cc(NC(=O)C(C)(C)n2cc([N+](=O)[O-])cn2)nn1Cc1ccccc1Cl. The van der Waals surface area contributed by atoms with E-state index in [2.05, 4.69) is 15.5 Å². The van der Waals surface area contributed by atoms with Crippen LogP contribution in [-0.4, -0.2) is 30.4 Å². The van der Waals surface area contributed by atoms with Crippen molar-refractivity contribution in [3.05, 3.63) is 69.1 Å². The predicted octanol–water partition coefficient (Wildman–Crippen LogP) is 3.37. The van der Waals surface area contributed by atoms with Gasteiger partial charge in [0.2, 0.25) is 0 Å². The molecule has 0 bridgehead atoms. The number of benzene rings is 1. The van der Waals surface area contributed by atoms with Crippen molar-refractivity contribution in [2.24, 2.45) is 0 Å². The van der Waals surface area contributed by atoms with Gasteiger partial charge in [-0.1, -0.05) is 29.8 Å². The van der Waals surface area contributed by atoms with Crippen molar-refractivity contribution in [2.75, 3.05) is 5.32 Å². The van der Waals surface area contributed by atoms with Crippen LogP contribution in [-0.2, 0) is 16.9 Å². The van der Waals surface area contributed by atoms with E-state index in [-0.39, 0.29) is 5.69 Å². The summed E-state index contributed by atoms with van der Waals surface area (Å²) in [7, 11) is 0. The molecule has 9 nitrogen and oxygen atoms in total. The molecule has 10 heteroatoms. The minimum Gasteiger partial charge on any atom is -0.307 e. The molecule has 1 amide bonds. The van der Waals surface area contributed by atoms with Crippen molar-refractivity contribution < 1.29 is 9.72 Å². The molecule has 0 spiro atoms. The first kappa shape index (κ1) is 19.6. The third kappa shape index (κ3) is 3.89. The van der Waals surface area contributed by atoms with Gasteiger partial charge in [-0.25, -0.2) is 0 Å². The fourth-order valence-electron chi connectivity index (χ4n) is 2.61. The van der Waals surface area contributed by atoms with Crippen LogP contribution >= 0.6 is 11.6 Å². The molecule has 0 fully saturated rings. The number of amides is 1. The lowest BCUT2D eigenvalue weighted by molar-refractivity contribution is -0.385. The zero-order valence-electron chi connectivity index (χ0n) is 15.6. The van der Waals surface area contributed by atoms with Crippen LogP contribution in [0.5, 0.6) is 0 Å². The maximum atomic E-state index is 12.7. The zero-order valence-corrected chi connectivity index (χ0v) is 16.3. The van der Waals surface area contributed by atoms with E-state index in [1.54, 1.807) is 24.6 Å². The van der Waals surface area contributed by atoms with Crippen molar-refractivity contribution in [1.29, 1.82) is 0 Å². The third-order valence-corrected chi connectivity index (χ3v) is 4.78. The number of nitro groups is 1. The third-order valence-electron chi connectivity index (χ3n) is 4.41. The first-order valence-corrected chi connectivity index (χ1v) is 8.85. The molecule has 3 rings (SSSR count). The Hall–Kier alpha value is -3.20. The molecule has 2 heterocycles. The number of nitrogens with one attached hydrogen (secondary N) is 1. The zero-order chi connectivity index (χ0) is 20.5. The van der Waals surface area contributed by atoms with Crippen LogP contribution in [0.4, 0.5) is 11.5 Å². The molecule has 0 saturated heterocycles. The topological polar surface area (TPSA) is 108 Å². The van der Waals surface area contributed by atoms with E-state index in [0.29, 0.717) is 17.4 Å². The number of nitrogens with zero attached hydrogens (tertiary/aromatic N) is 5. The van der Waals surface area contributed by atoms with Crippen LogP contribution in [0.2, 0.25) is 5.02 Å². The normalized spacial score (nSPS) is 11.4. The van der Waals surface area contributed by atoms with Crippen LogP contribution in [0.3, 0.4) is 0 Å². The highest BCUT2D eigenvalue weighted by atomic mass is 35.5. The Morgan fingerprint density at radius 1 is 1.36 bits per heavy atom. The van der Waals surface area contributed by atoms with Gasteiger partial charge in [0, 0.05) is 16.8 Å². The highest BCUT2D eigenvalue weighted by Gasteiger charge is 2.32. The molecular weight excluding hydrogens is 384 g/mol. The van der Waals surface area contributed by atoms with Gasteiger partial charge in [-0.2, -0.15) is 10.2 Å². The van der Waals surface area contributed by atoms with Crippen LogP contribution in [0.25, 0.3) is 0 Å². The van der Waals surface area contributed by atoms with Crippen LogP contribution in [0.15, 0.2) is 42.7 Å². The van der Waals surface area contributed by atoms with E-state index in [9.17, 15) is 14.9 Å². The number of carbonyl (C=O) groups is 1. The van der Waals surface area contributed by atoms with Crippen molar-refractivity contribution >= 4 is 29.0 Å². The summed E-state index contributed by atoms with van der Waals surface area (Å²) in [5.74, 6) is -0.0165. The highest BCUT2D eigenvalue weighted by molar-refractivity contribution is 6.31. The average molecular weight is 403 g/mol. The Kier molecular flexibility index (Phi) is 5.19. The average Bonchev–Trinajstić information content (AvgIpc) is 3.25. The number of halogens is 1. The summed E-state index contributed by atoms with van der Waals surface area (Å²) in [4.78, 5) is 23.0. The van der Waals surface area contributed by atoms with Crippen LogP contribution in [0, 0.1) is 17.0 Å². The lowest BCUT2D eigenvalue weighted by Gasteiger charge is -2.23. The van der Waals surface area contributed by atoms with Crippen molar-refractivity contribution in [1.82, 2.24) is 19.6 Å². The number of rotatable bonds is 6. The molecule has 0 saturated carbocycles. The Labute approximate surface area is 166 Å². The lowest BCUT2D eigenvalue weighted by Crippen LogP contribution is -2.40. The number of aryl methyl sites for hydroxylation is 1. The Balaban J connectivity index is 1.77. The van der Waals surface area contributed by atoms with Gasteiger partial charge in [-0.3, -0.25) is 24.3 Å². The molecule has 0 aliphatic heterocycles. The quantitative estimate of drug-likeness (QED) is 0.502. The fourth-order valence-corrected chi connectivity index (χ4v) is 2.80. The van der Waals surface area contributed by atoms with E-state index >= 15 is 0 Å². The first-order valence-electron chi connectivity index (χ1n) is 8.47. The molecule has 28 heavy (non-hydrogen) atoms. The number of anilines is 1. The number of hydrogen-bond donors (Lipinski definition) is 1. The maximum Gasteiger partial charge on any atom is 0.307 e. The number of hydrogen-bond acceptors (Lipinski definition) is 5. The predicted molar refractivity (Wildman–Crippen MR) is 104 cm³/mol.